The average Bonchev–Trinajstić information content (AvgIpc) is 3.21. The largest absolute Gasteiger partial charge is 0.351 e. The van der Waals surface area contributed by atoms with Crippen molar-refractivity contribution in [2.75, 3.05) is 4.72 Å². The van der Waals surface area contributed by atoms with Crippen molar-refractivity contribution in [3.05, 3.63) is 95.7 Å². The van der Waals surface area contributed by atoms with Gasteiger partial charge in [-0.3, -0.25) is 9.52 Å². The lowest BCUT2D eigenvalue weighted by atomic mass is 9.87. The first-order chi connectivity index (χ1) is 15.6. The SMILES string of the molecule is CC(C)(C)c1ccc(S(=O)(=O)Nc2ccc3[nH]c(C(=O)NCc4ccccc4)cc3c2)cc1. The summed E-state index contributed by atoms with van der Waals surface area (Å²) in [7, 11) is -3.73. The molecular weight excluding hydrogens is 434 g/mol. The maximum Gasteiger partial charge on any atom is 0.267 e. The number of rotatable bonds is 6. The molecule has 0 bridgehead atoms. The number of H-pyrrole nitrogens is 1. The molecule has 0 aliphatic carbocycles. The predicted molar refractivity (Wildman–Crippen MR) is 132 cm³/mol. The molecule has 1 aromatic heterocycles. The molecule has 6 nitrogen and oxygen atoms in total. The van der Waals surface area contributed by atoms with E-state index in [1.54, 1.807) is 36.4 Å². The molecule has 7 heteroatoms. The third-order valence-corrected chi connectivity index (χ3v) is 6.84. The highest BCUT2D eigenvalue weighted by Crippen LogP contribution is 2.26. The number of aromatic nitrogens is 1. The molecule has 0 radical (unpaired) electrons. The summed E-state index contributed by atoms with van der Waals surface area (Å²) in [6, 6.07) is 23.4. The summed E-state index contributed by atoms with van der Waals surface area (Å²) in [4.78, 5) is 15.8. The Balaban J connectivity index is 1.49. The lowest BCUT2D eigenvalue weighted by molar-refractivity contribution is 0.0946. The van der Waals surface area contributed by atoms with Gasteiger partial charge in [0, 0.05) is 23.1 Å². The van der Waals surface area contributed by atoms with Gasteiger partial charge in [-0.15, -0.1) is 0 Å². The molecule has 0 aliphatic heterocycles. The van der Waals surface area contributed by atoms with Gasteiger partial charge in [-0.1, -0.05) is 63.2 Å². The molecule has 170 valence electrons. The molecule has 33 heavy (non-hydrogen) atoms. The van der Waals surface area contributed by atoms with E-state index in [1.807, 2.05) is 42.5 Å². The molecule has 0 aliphatic rings. The van der Waals surface area contributed by atoms with Crippen LogP contribution in [0, 0.1) is 0 Å². The third kappa shape index (κ3) is 5.26. The minimum Gasteiger partial charge on any atom is -0.351 e. The van der Waals surface area contributed by atoms with Crippen LogP contribution >= 0.6 is 0 Å². The Morgan fingerprint density at radius 3 is 2.27 bits per heavy atom. The van der Waals surface area contributed by atoms with Crippen molar-refractivity contribution >= 4 is 32.5 Å². The number of hydrogen-bond acceptors (Lipinski definition) is 3. The van der Waals surface area contributed by atoms with Crippen molar-refractivity contribution < 1.29 is 13.2 Å². The summed E-state index contributed by atoms with van der Waals surface area (Å²) >= 11 is 0. The average molecular weight is 462 g/mol. The number of fused-ring (bicyclic) bond motifs is 1. The minimum atomic E-state index is -3.73. The molecule has 0 spiro atoms. The van der Waals surface area contributed by atoms with Gasteiger partial charge in [0.05, 0.1) is 4.90 Å². The monoisotopic (exact) mass is 461 g/mol. The van der Waals surface area contributed by atoms with Gasteiger partial charge in [-0.05, 0) is 52.9 Å². The van der Waals surface area contributed by atoms with Gasteiger partial charge >= 0.3 is 0 Å². The van der Waals surface area contributed by atoms with Crippen LogP contribution in [0.5, 0.6) is 0 Å². The fraction of sp³-hybridized carbons (Fsp3) is 0.192. The second kappa shape index (κ2) is 8.75. The molecule has 1 heterocycles. The highest BCUT2D eigenvalue weighted by atomic mass is 32.2. The van der Waals surface area contributed by atoms with Gasteiger partial charge in [0.1, 0.15) is 5.69 Å². The second-order valence-electron chi connectivity index (χ2n) is 9.03. The first-order valence-corrected chi connectivity index (χ1v) is 12.2. The van der Waals surface area contributed by atoms with Gasteiger partial charge in [0.25, 0.3) is 15.9 Å². The van der Waals surface area contributed by atoms with E-state index in [0.717, 1.165) is 22.0 Å². The van der Waals surface area contributed by atoms with Crippen LogP contribution in [0.1, 0.15) is 42.4 Å². The van der Waals surface area contributed by atoms with Gasteiger partial charge < -0.3 is 10.3 Å². The zero-order chi connectivity index (χ0) is 23.6. The topological polar surface area (TPSA) is 91.1 Å². The van der Waals surface area contributed by atoms with E-state index in [-0.39, 0.29) is 16.2 Å². The highest BCUT2D eigenvalue weighted by molar-refractivity contribution is 7.92. The standard InChI is InChI=1S/C26H27N3O3S/c1-26(2,3)20-9-12-22(13-10-20)33(31,32)29-21-11-14-23-19(15-21)16-24(28-23)25(30)27-17-18-7-5-4-6-8-18/h4-16,28-29H,17H2,1-3H3,(H,27,30). The van der Waals surface area contributed by atoms with E-state index in [1.165, 1.54) is 0 Å². The number of carbonyl (C=O) groups excluding carboxylic acids is 1. The smallest absolute Gasteiger partial charge is 0.267 e. The Morgan fingerprint density at radius 2 is 1.61 bits per heavy atom. The highest BCUT2D eigenvalue weighted by Gasteiger charge is 2.18. The van der Waals surface area contributed by atoms with Crippen LogP contribution in [0.3, 0.4) is 0 Å². The first-order valence-electron chi connectivity index (χ1n) is 10.7. The van der Waals surface area contributed by atoms with Crippen molar-refractivity contribution in [1.29, 1.82) is 0 Å². The summed E-state index contributed by atoms with van der Waals surface area (Å²) in [5.74, 6) is -0.226. The van der Waals surface area contributed by atoms with Gasteiger partial charge in [-0.25, -0.2) is 8.42 Å². The van der Waals surface area contributed by atoms with Gasteiger partial charge in [-0.2, -0.15) is 0 Å². The number of hydrogen-bond donors (Lipinski definition) is 3. The van der Waals surface area contributed by atoms with Crippen molar-refractivity contribution in [3.63, 3.8) is 0 Å². The van der Waals surface area contributed by atoms with Crippen LogP contribution in [-0.4, -0.2) is 19.3 Å². The molecule has 0 unspecified atom stereocenters. The maximum absolute atomic E-state index is 12.8. The maximum atomic E-state index is 12.8. The van der Waals surface area contributed by atoms with Crippen LogP contribution in [0.2, 0.25) is 0 Å². The summed E-state index contributed by atoms with van der Waals surface area (Å²) < 4.78 is 28.3. The number of anilines is 1. The van der Waals surface area contributed by atoms with Crippen LogP contribution in [0.25, 0.3) is 10.9 Å². The number of nitrogens with one attached hydrogen (secondary N) is 3. The number of carbonyl (C=O) groups is 1. The second-order valence-corrected chi connectivity index (χ2v) is 10.7. The molecular formula is C26H27N3O3S. The first kappa shape index (κ1) is 22.6. The summed E-state index contributed by atoms with van der Waals surface area (Å²) in [5.41, 5.74) is 3.61. The number of aromatic amines is 1. The number of sulfonamides is 1. The molecule has 0 saturated heterocycles. The molecule has 0 saturated carbocycles. The Kier molecular flexibility index (Phi) is 5.99. The van der Waals surface area contributed by atoms with E-state index in [0.29, 0.717) is 17.9 Å². The predicted octanol–water partition coefficient (Wildman–Crippen LogP) is 5.20. The molecule has 0 fully saturated rings. The van der Waals surface area contributed by atoms with Crippen molar-refractivity contribution in [1.82, 2.24) is 10.3 Å². The molecule has 3 aromatic carbocycles. The summed E-state index contributed by atoms with van der Waals surface area (Å²) in [6.45, 7) is 6.67. The van der Waals surface area contributed by atoms with Gasteiger partial charge in [0.15, 0.2) is 0 Å². The van der Waals surface area contributed by atoms with E-state index < -0.39 is 10.0 Å². The quantitative estimate of drug-likeness (QED) is 0.369. The van der Waals surface area contributed by atoms with Crippen molar-refractivity contribution in [2.45, 2.75) is 37.6 Å². The van der Waals surface area contributed by atoms with Crippen molar-refractivity contribution in [3.8, 4) is 0 Å². The Hall–Kier alpha value is -3.58. The fourth-order valence-electron chi connectivity index (χ4n) is 3.54. The minimum absolute atomic E-state index is 0.0554. The lowest BCUT2D eigenvalue weighted by Gasteiger charge is -2.19. The third-order valence-electron chi connectivity index (χ3n) is 5.44. The molecule has 1 amide bonds. The van der Waals surface area contributed by atoms with Crippen LogP contribution < -0.4 is 10.0 Å². The Labute approximate surface area is 194 Å². The Bertz CT molecular complexity index is 1380. The van der Waals surface area contributed by atoms with Crippen LogP contribution in [0.15, 0.2) is 83.8 Å². The van der Waals surface area contributed by atoms with E-state index in [4.69, 9.17) is 0 Å². The summed E-state index contributed by atoms with van der Waals surface area (Å²) in [5, 5.41) is 3.62. The zero-order valence-corrected chi connectivity index (χ0v) is 19.7. The van der Waals surface area contributed by atoms with E-state index >= 15 is 0 Å². The van der Waals surface area contributed by atoms with Crippen molar-refractivity contribution in [2.24, 2.45) is 0 Å². The molecule has 3 N–H and O–H groups in total. The lowest BCUT2D eigenvalue weighted by Crippen LogP contribution is -2.22. The Morgan fingerprint density at radius 1 is 0.909 bits per heavy atom. The van der Waals surface area contributed by atoms with Gasteiger partial charge in [0.2, 0.25) is 0 Å². The molecule has 4 aromatic rings. The molecule has 4 rings (SSSR count). The zero-order valence-electron chi connectivity index (χ0n) is 18.8. The number of benzene rings is 3. The van der Waals surface area contributed by atoms with E-state index in [9.17, 15) is 13.2 Å². The fourth-order valence-corrected chi connectivity index (χ4v) is 4.59. The normalized spacial score (nSPS) is 12.0. The van der Waals surface area contributed by atoms with Crippen LogP contribution in [0.4, 0.5) is 5.69 Å². The van der Waals surface area contributed by atoms with Crippen LogP contribution in [-0.2, 0) is 22.0 Å². The summed E-state index contributed by atoms with van der Waals surface area (Å²) in [6.07, 6.45) is 0. The number of amides is 1. The van der Waals surface area contributed by atoms with E-state index in [2.05, 4.69) is 35.8 Å². The molecule has 0 atom stereocenters.